The third-order valence-electron chi connectivity index (χ3n) is 4.09. The van der Waals surface area contributed by atoms with Crippen LogP contribution in [-0.4, -0.2) is 58.5 Å². The average Bonchev–Trinajstić information content (AvgIpc) is 3.27. The van der Waals surface area contributed by atoms with Crippen LogP contribution in [0.3, 0.4) is 0 Å². The minimum atomic E-state index is -3.88. The first-order valence-electron chi connectivity index (χ1n) is 9.16. The molecular weight excluding hydrogens is 410 g/mol. The molecule has 30 heavy (non-hydrogen) atoms. The summed E-state index contributed by atoms with van der Waals surface area (Å²) in [6.07, 6.45) is 2.83. The second-order valence-electron chi connectivity index (χ2n) is 6.17. The number of carbonyl (C=O) groups is 2. The van der Waals surface area contributed by atoms with E-state index in [1.807, 2.05) is 0 Å². The van der Waals surface area contributed by atoms with Crippen LogP contribution in [0.25, 0.3) is 0 Å². The maximum Gasteiger partial charge on any atom is 0.250 e. The van der Waals surface area contributed by atoms with Gasteiger partial charge in [-0.2, -0.15) is 0 Å². The molecule has 0 fully saturated rings. The SMILES string of the molecule is C=CCN(C(=O)CNS(=O)(=O)c1ccccc1)C(C(=O)NCCOC)c1ccco1. The smallest absolute Gasteiger partial charge is 0.250 e. The zero-order valence-electron chi connectivity index (χ0n) is 16.6. The third kappa shape index (κ3) is 6.28. The molecule has 10 heteroatoms. The van der Waals surface area contributed by atoms with Crippen molar-refractivity contribution in [3.8, 4) is 0 Å². The average molecular weight is 436 g/mol. The van der Waals surface area contributed by atoms with E-state index in [1.165, 1.54) is 36.5 Å². The summed E-state index contributed by atoms with van der Waals surface area (Å²) in [6.45, 7) is 3.63. The molecule has 0 radical (unpaired) electrons. The van der Waals surface area contributed by atoms with Crippen LogP contribution >= 0.6 is 0 Å². The van der Waals surface area contributed by atoms with Crippen molar-refractivity contribution in [3.05, 3.63) is 67.1 Å². The number of ether oxygens (including phenoxy) is 1. The van der Waals surface area contributed by atoms with Crippen molar-refractivity contribution >= 4 is 21.8 Å². The van der Waals surface area contributed by atoms with Crippen molar-refractivity contribution in [2.24, 2.45) is 0 Å². The number of furan rings is 1. The lowest BCUT2D eigenvalue weighted by Crippen LogP contribution is -2.47. The number of nitrogens with zero attached hydrogens (tertiary/aromatic N) is 1. The highest BCUT2D eigenvalue weighted by Gasteiger charge is 2.33. The summed E-state index contributed by atoms with van der Waals surface area (Å²) in [5, 5.41) is 2.67. The first kappa shape index (κ1) is 23.3. The molecule has 0 bridgehead atoms. The van der Waals surface area contributed by atoms with E-state index in [9.17, 15) is 18.0 Å². The maximum atomic E-state index is 12.9. The van der Waals surface area contributed by atoms with Gasteiger partial charge in [0.05, 0.1) is 24.3 Å². The Morgan fingerprint density at radius 3 is 2.57 bits per heavy atom. The summed E-state index contributed by atoms with van der Waals surface area (Å²) in [6, 6.07) is 9.76. The van der Waals surface area contributed by atoms with Crippen LogP contribution in [-0.2, 0) is 24.3 Å². The van der Waals surface area contributed by atoms with Gasteiger partial charge in [-0.05, 0) is 24.3 Å². The van der Waals surface area contributed by atoms with Gasteiger partial charge in [0.15, 0.2) is 6.04 Å². The lowest BCUT2D eigenvalue weighted by molar-refractivity contribution is -0.140. The first-order chi connectivity index (χ1) is 14.4. The largest absolute Gasteiger partial charge is 0.467 e. The van der Waals surface area contributed by atoms with E-state index in [-0.39, 0.29) is 23.7 Å². The van der Waals surface area contributed by atoms with Crippen molar-refractivity contribution < 1.29 is 27.2 Å². The van der Waals surface area contributed by atoms with Gasteiger partial charge in [0.1, 0.15) is 5.76 Å². The Hall–Kier alpha value is -2.95. The number of rotatable bonds is 12. The molecule has 1 heterocycles. The number of benzene rings is 1. The standard InChI is InChI=1S/C20H25N3O6S/c1-3-12-23(18(24)15-22-30(26,27)16-8-5-4-6-9-16)19(17-10-7-13-29-17)20(25)21-11-14-28-2/h3-10,13,19,22H,1,11-12,14-15H2,2H3,(H,21,25). The van der Waals surface area contributed by atoms with E-state index in [4.69, 9.17) is 9.15 Å². The number of methoxy groups -OCH3 is 1. The summed E-state index contributed by atoms with van der Waals surface area (Å²) in [5.41, 5.74) is 0. The van der Waals surface area contributed by atoms with Gasteiger partial charge < -0.3 is 19.4 Å². The Bertz CT molecular complexity index is 929. The molecule has 1 aromatic carbocycles. The Kier molecular flexibility index (Phi) is 8.78. The fourth-order valence-corrected chi connectivity index (χ4v) is 3.67. The summed E-state index contributed by atoms with van der Waals surface area (Å²) in [7, 11) is -2.38. The fraction of sp³-hybridized carbons (Fsp3) is 0.300. The molecule has 2 aromatic rings. The molecule has 1 atom stereocenters. The molecule has 0 saturated heterocycles. The van der Waals surface area contributed by atoms with Gasteiger partial charge >= 0.3 is 0 Å². The van der Waals surface area contributed by atoms with E-state index in [0.29, 0.717) is 6.61 Å². The number of sulfonamides is 1. The fourth-order valence-electron chi connectivity index (χ4n) is 2.68. The number of hydrogen-bond donors (Lipinski definition) is 2. The quantitative estimate of drug-likeness (QED) is 0.380. The lowest BCUT2D eigenvalue weighted by Gasteiger charge is -2.29. The van der Waals surface area contributed by atoms with E-state index >= 15 is 0 Å². The van der Waals surface area contributed by atoms with Crippen molar-refractivity contribution in [3.63, 3.8) is 0 Å². The summed E-state index contributed by atoms with van der Waals surface area (Å²) in [4.78, 5) is 26.9. The molecule has 2 rings (SSSR count). The van der Waals surface area contributed by atoms with E-state index < -0.39 is 34.4 Å². The van der Waals surface area contributed by atoms with Gasteiger partial charge in [0.2, 0.25) is 15.9 Å². The van der Waals surface area contributed by atoms with Crippen LogP contribution in [0, 0.1) is 0 Å². The lowest BCUT2D eigenvalue weighted by atomic mass is 10.1. The molecule has 2 amide bonds. The van der Waals surface area contributed by atoms with Gasteiger partial charge in [-0.1, -0.05) is 24.3 Å². The molecule has 0 spiro atoms. The molecule has 1 unspecified atom stereocenters. The maximum absolute atomic E-state index is 12.9. The molecule has 1 aromatic heterocycles. The molecule has 0 aliphatic rings. The van der Waals surface area contributed by atoms with Gasteiger partial charge in [0.25, 0.3) is 5.91 Å². The zero-order chi connectivity index (χ0) is 22.0. The number of hydrogen-bond acceptors (Lipinski definition) is 6. The van der Waals surface area contributed by atoms with Crippen molar-refractivity contribution in [1.82, 2.24) is 14.9 Å². The summed E-state index contributed by atoms with van der Waals surface area (Å²) >= 11 is 0. The highest BCUT2D eigenvalue weighted by atomic mass is 32.2. The van der Waals surface area contributed by atoms with Crippen molar-refractivity contribution in [2.75, 3.05) is 33.4 Å². The third-order valence-corrected chi connectivity index (χ3v) is 5.51. The number of amides is 2. The predicted molar refractivity (Wildman–Crippen MR) is 110 cm³/mol. The minimum Gasteiger partial charge on any atom is -0.467 e. The first-order valence-corrected chi connectivity index (χ1v) is 10.6. The second-order valence-corrected chi connectivity index (χ2v) is 7.94. The molecule has 2 N–H and O–H groups in total. The van der Waals surface area contributed by atoms with E-state index in [0.717, 1.165) is 0 Å². The van der Waals surface area contributed by atoms with E-state index in [1.54, 1.807) is 30.3 Å². The van der Waals surface area contributed by atoms with Gasteiger partial charge in [0, 0.05) is 20.2 Å². The van der Waals surface area contributed by atoms with Crippen molar-refractivity contribution in [2.45, 2.75) is 10.9 Å². The monoisotopic (exact) mass is 435 g/mol. The normalized spacial score (nSPS) is 12.2. The van der Waals surface area contributed by atoms with Crippen LogP contribution in [0.15, 0.2) is 70.7 Å². The molecule has 9 nitrogen and oxygen atoms in total. The van der Waals surface area contributed by atoms with Crippen molar-refractivity contribution in [1.29, 1.82) is 0 Å². The Morgan fingerprint density at radius 1 is 1.23 bits per heavy atom. The minimum absolute atomic E-state index is 0.00889. The van der Waals surface area contributed by atoms with Gasteiger partial charge in [-0.3, -0.25) is 9.59 Å². The predicted octanol–water partition coefficient (Wildman–Crippen LogP) is 1.08. The van der Waals surface area contributed by atoms with E-state index in [2.05, 4.69) is 16.6 Å². The Balaban J connectivity index is 2.19. The highest BCUT2D eigenvalue weighted by Crippen LogP contribution is 2.22. The second kappa shape index (κ2) is 11.3. The number of carbonyl (C=O) groups excluding carboxylic acids is 2. The van der Waals surface area contributed by atoms with Crippen LogP contribution in [0.1, 0.15) is 11.8 Å². The highest BCUT2D eigenvalue weighted by molar-refractivity contribution is 7.89. The summed E-state index contributed by atoms with van der Waals surface area (Å²) < 4.78 is 37.4. The van der Waals surface area contributed by atoms with Crippen LogP contribution in [0.2, 0.25) is 0 Å². The molecule has 0 aliphatic carbocycles. The molecule has 162 valence electrons. The molecule has 0 aliphatic heterocycles. The topological polar surface area (TPSA) is 118 Å². The Labute approximate surface area is 175 Å². The van der Waals surface area contributed by atoms with Gasteiger partial charge in [-0.15, -0.1) is 6.58 Å². The van der Waals surface area contributed by atoms with Gasteiger partial charge in [-0.25, -0.2) is 13.1 Å². The zero-order valence-corrected chi connectivity index (χ0v) is 17.4. The van der Waals surface area contributed by atoms with Crippen LogP contribution in [0.4, 0.5) is 0 Å². The number of nitrogens with one attached hydrogen (secondary N) is 2. The molecular formula is C20H25N3O6S. The summed E-state index contributed by atoms with van der Waals surface area (Å²) in [5.74, 6) is -0.855. The van der Waals surface area contributed by atoms with Crippen LogP contribution < -0.4 is 10.0 Å². The molecule has 0 saturated carbocycles. The van der Waals surface area contributed by atoms with Crippen LogP contribution in [0.5, 0.6) is 0 Å². The Morgan fingerprint density at radius 2 is 1.97 bits per heavy atom.